The van der Waals surface area contributed by atoms with Crippen molar-refractivity contribution in [1.29, 1.82) is 0 Å². The van der Waals surface area contributed by atoms with Crippen LogP contribution in [0.3, 0.4) is 0 Å². The molecule has 0 spiro atoms. The van der Waals surface area contributed by atoms with E-state index in [9.17, 15) is 14.6 Å². The van der Waals surface area contributed by atoms with Gasteiger partial charge in [-0.2, -0.15) is 0 Å². The zero-order valence-electron chi connectivity index (χ0n) is 12.7. The second kappa shape index (κ2) is 7.06. The highest BCUT2D eigenvalue weighted by Crippen LogP contribution is 2.24. The molecule has 0 saturated carbocycles. The van der Waals surface area contributed by atoms with Crippen LogP contribution in [0.2, 0.25) is 0 Å². The molecule has 3 aromatic rings. The van der Waals surface area contributed by atoms with Gasteiger partial charge in [0.1, 0.15) is 12.1 Å². The lowest BCUT2D eigenvalue weighted by Crippen LogP contribution is -2.13. The molecule has 2 aromatic carbocycles. The molecule has 24 heavy (non-hydrogen) atoms. The number of phenolic OH excluding ortho intramolecular Hbond substituents is 1. The number of aliphatic hydroxyl groups excluding tert-OH is 1. The molecule has 0 fully saturated rings. The van der Waals surface area contributed by atoms with Crippen molar-refractivity contribution in [1.82, 2.24) is 9.97 Å². The number of halogens is 1. The predicted molar refractivity (Wildman–Crippen MR) is 89.0 cm³/mol. The Kier molecular flexibility index (Phi) is 4.67. The normalized spacial score (nSPS) is 11.9. The molecule has 6 heteroatoms. The molecular weight excluding hydrogens is 309 g/mol. The summed E-state index contributed by atoms with van der Waals surface area (Å²) in [5, 5.41) is 22.4. The van der Waals surface area contributed by atoms with Gasteiger partial charge in [-0.25, -0.2) is 14.4 Å². The van der Waals surface area contributed by atoms with Crippen LogP contribution in [0.1, 0.15) is 11.7 Å². The maximum absolute atomic E-state index is 13.5. The highest BCUT2D eigenvalue weighted by atomic mass is 19.1. The number of nitrogens with one attached hydrogen (secondary N) is 1. The Hall–Kier alpha value is -2.99. The van der Waals surface area contributed by atoms with Crippen LogP contribution in [0.25, 0.3) is 11.3 Å². The van der Waals surface area contributed by atoms with E-state index in [4.69, 9.17) is 0 Å². The molecule has 0 radical (unpaired) electrons. The minimum atomic E-state index is -0.708. The molecule has 0 bridgehead atoms. The van der Waals surface area contributed by atoms with Crippen LogP contribution in [0.5, 0.6) is 5.75 Å². The number of phenols is 1. The van der Waals surface area contributed by atoms with Crippen molar-refractivity contribution < 1.29 is 14.6 Å². The average Bonchev–Trinajstić information content (AvgIpc) is 2.63. The number of aliphatic hydroxyl groups is 1. The first-order valence-electron chi connectivity index (χ1n) is 7.41. The summed E-state index contributed by atoms with van der Waals surface area (Å²) < 4.78 is 13.5. The Balaban J connectivity index is 1.72. The lowest BCUT2D eigenvalue weighted by atomic mass is 10.1. The third-order valence-corrected chi connectivity index (χ3v) is 3.57. The second-order valence-corrected chi connectivity index (χ2v) is 5.26. The lowest BCUT2D eigenvalue weighted by Gasteiger charge is -2.13. The summed E-state index contributed by atoms with van der Waals surface area (Å²) in [5.41, 5.74) is 1.85. The van der Waals surface area contributed by atoms with Crippen LogP contribution < -0.4 is 5.32 Å². The summed E-state index contributed by atoms with van der Waals surface area (Å²) in [7, 11) is 0. The van der Waals surface area contributed by atoms with E-state index in [1.54, 1.807) is 12.1 Å². The second-order valence-electron chi connectivity index (χ2n) is 5.26. The van der Waals surface area contributed by atoms with Crippen molar-refractivity contribution in [2.75, 3.05) is 11.9 Å². The van der Waals surface area contributed by atoms with Gasteiger partial charge in [-0.15, -0.1) is 0 Å². The van der Waals surface area contributed by atoms with Crippen molar-refractivity contribution >= 4 is 5.82 Å². The van der Waals surface area contributed by atoms with Gasteiger partial charge in [-0.05, 0) is 23.8 Å². The number of benzene rings is 2. The van der Waals surface area contributed by atoms with Crippen LogP contribution in [0, 0.1) is 5.82 Å². The SMILES string of the molecule is Oc1ccc(-c2cc(NC[C@H](O)c3ccccc3)ncn2)cc1F. The summed E-state index contributed by atoms with van der Waals surface area (Å²) in [6, 6.07) is 15.0. The Morgan fingerprint density at radius 1 is 1.04 bits per heavy atom. The number of aromatic hydroxyl groups is 1. The molecule has 0 amide bonds. The van der Waals surface area contributed by atoms with Crippen LogP contribution in [-0.2, 0) is 0 Å². The fraction of sp³-hybridized carbons (Fsp3) is 0.111. The van der Waals surface area contributed by atoms with Gasteiger partial charge in [0.15, 0.2) is 11.6 Å². The average molecular weight is 325 g/mol. The van der Waals surface area contributed by atoms with Crippen LogP contribution in [0.15, 0.2) is 60.9 Å². The van der Waals surface area contributed by atoms with E-state index in [1.807, 2.05) is 30.3 Å². The zero-order valence-corrected chi connectivity index (χ0v) is 12.7. The smallest absolute Gasteiger partial charge is 0.165 e. The minimum Gasteiger partial charge on any atom is -0.505 e. The summed E-state index contributed by atoms with van der Waals surface area (Å²) in [5.74, 6) is -0.597. The molecule has 0 aliphatic carbocycles. The van der Waals surface area contributed by atoms with Crippen molar-refractivity contribution in [3.05, 3.63) is 72.3 Å². The van der Waals surface area contributed by atoms with Crippen LogP contribution in [0.4, 0.5) is 10.2 Å². The molecule has 1 heterocycles. The van der Waals surface area contributed by atoms with Gasteiger partial charge in [0, 0.05) is 18.2 Å². The first kappa shape index (κ1) is 15.9. The van der Waals surface area contributed by atoms with Crippen molar-refractivity contribution in [3.63, 3.8) is 0 Å². The number of anilines is 1. The quantitative estimate of drug-likeness (QED) is 0.672. The van der Waals surface area contributed by atoms with E-state index in [2.05, 4.69) is 15.3 Å². The standard InChI is InChI=1S/C18H16FN3O2/c19-14-8-13(6-7-16(14)23)15-9-18(22-11-21-15)20-10-17(24)12-4-2-1-3-5-12/h1-9,11,17,23-24H,10H2,(H,20,21,22)/t17-/m0/s1. The first-order chi connectivity index (χ1) is 11.6. The predicted octanol–water partition coefficient (Wildman–Crippen LogP) is 3.13. The number of hydrogen-bond acceptors (Lipinski definition) is 5. The molecule has 0 unspecified atom stereocenters. The molecule has 0 aliphatic rings. The number of hydrogen-bond donors (Lipinski definition) is 3. The molecule has 1 atom stereocenters. The molecule has 0 aliphatic heterocycles. The van der Waals surface area contributed by atoms with Gasteiger partial charge >= 0.3 is 0 Å². The van der Waals surface area contributed by atoms with E-state index in [0.29, 0.717) is 17.1 Å². The third kappa shape index (κ3) is 3.67. The first-order valence-corrected chi connectivity index (χ1v) is 7.41. The van der Waals surface area contributed by atoms with E-state index < -0.39 is 17.7 Å². The fourth-order valence-electron chi connectivity index (χ4n) is 2.27. The van der Waals surface area contributed by atoms with Crippen LogP contribution in [-0.4, -0.2) is 26.7 Å². The molecule has 5 nitrogen and oxygen atoms in total. The van der Waals surface area contributed by atoms with E-state index in [-0.39, 0.29) is 6.54 Å². The zero-order chi connectivity index (χ0) is 16.9. The molecule has 1 aromatic heterocycles. The number of aromatic nitrogens is 2. The largest absolute Gasteiger partial charge is 0.505 e. The molecule has 3 rings (SSSR count). The minimum absolute atomic E-state index is 0.282. The maximum Gasteiger partial charge on any atom is 0.165 e. The van der Waals surface area contributed by atoms with E-state index in [1.165, 1.54) is 18.5 Å². The van der Waals surface area contributed by atoms with Gasteiger partial charge in [0.25, 0.3) is 0 Å². The van der Waals surface area contributed by atoms with Gasteiger partial charge in [0.2, 0.25) is 0 Å². The Morgan fingerprint density at radius 3 is 2.58 bits per heavy atom. The van der Waals surface area contributed by atoms with Gasteiger partial charge in [-0.3, -0.25) is 0 Å². The Labute approximate surface area is 138 Å². The highest BCUT2D eigenvalue weighted by Gasteiger charge is 2.09. The Bertz CT molecular complexity index is 828. The molecule has 3 N–H and O–H groups in total. The van der Waals surface area contributed by atoms with E-state index in [0.717, 1.165) is 5.56 Å². The van der Waals surface area contributed by atoms with Crippen molar-refractivity contribution in [2.45, 2.75) is 6.10 Å². The fourth-order valence-corrected chi connectivity index (χ4v) is 2.27. The maximum atomic E-state index is 13.5. The molecule has 0 saturated heterocycles. The topological polar surface area (TPSA) is 78.3 Å². The monoisotopic (exact) mass is 325 g/mol. The van der Waals surface area contributed by atoms with Gasteiger partial charge < -0.3 is 15.5 Å². The number of nitrogens with zero attached hydrogens (tertiary/aromatic N) is 2. The number of rotatable bonds is 5. The van der Waals surface area contributed by atoms with Crippen molar-refractivity contribution in [2.24, 2.45) is 0 Å². The van der Waals surface area contributed by atoms with E-state index >= 15 is 0 Å². The van der Waals surface area contributed by atoms with Crippen LogP contribution >= 0.6 is 0 Å². The third-order valence-electron chi connectivity index (χ3n) is 3.57. The summed E-state index contributed by atoms with van der Waals surface area (Å²) in [6.45, 7) is 0.282. The summed E-state index contributed by atoms with van der Waals surface area (Å²) >= 11 is 0. The lowest BCUT2D eigenvalue weighted by molar-refractivity contribution is 0.191. The highest BCUT2D eigenvalue weighted by molar-refractivity contribution is 5.63. The van der Waals surface area contributed by atoms with Gasteiger partial charge in [-0.1, -0.05) is 30.3 Å². The summed E-state index contributed by atoms with van der Waals surface area (Å²) in [4.78, 5) is 8.20. The van der Waals surface area contributed by atoms with Crippen molar-refractivity contribution in [3.8, 4) is 17.0 Å². The molecular formula is C18H16FN3O2. The Morgan fingerprint density at radius 2 is 1.83 bits per heavy atom. The summed E-state index contributed by atoms with van der Waals surface area (Å²) in [6.07, 6.45) is 0.688. The van der Waals surface area contributed by atoms with Gasteiger partial charge in [0.05, 0.1) is 11.8 Å². The molecule has 122 valence electrons.